The van der Waals surface area contributed by atoms with Gasteiger partial charge < -0.3 is 19.5 Å². The van der Waals surface area contributed by atoms with E-state index in [2.05, 4.69) is 5.32 Å². The van der Waals surface area contributed by atoms with Crippen molar-refractivity contribution < 1.29 is 23.8 Å². The van der Waals surface area contributed by atoms with Crippen molar-refractivity contribution in [1.82, 2.24) is 4.90 Å². The van der Waals surface area contributed by atoms with Gasteiger partial charge in [0, 0.05) is 36.9 Å². The summed E-state index contributed by atoms with van der Waals surface area (Å²) < 4.78 is 15.7. The molecule has 0 spiro atoms. The van der Waals surface area contributed by atoms with Gasteiger partial charge in [-0.05, 0) is 30.7 Å². The highest BCUT2D eigenvalue weighted by atomic mass is 35.5. The molecule has 0 bridgehead atoms. The molecule has 2 amide bonds. The van der Waals surface area contributed by atoms with E-state index in [9.17, 15) is 9.59 Å². The predicted octanol–water partition coefficient (Wildman–Crippen LogP) is 4.24. The number of carbonyl (C=O) groups excluding carboxylic acids is 2. The van der Waals surface area contributed by atoms with Gasteiger partial charge in [-0.25, -0.2) is 0 Å². The first-order valence-corrected chi connectivity index (χ1v) is 10.2. The lowest BCUT2D eigenvalue weighted by Gasteiger charge is -2.16. The Labute approximate surface area is 190 Å². The van der Waals surface area contributed by atoms with Gasteiger partial charge in [-0.2, -0.15) is 0 Å². The number of methoxy groups -OCH3 is 3. The zero-order valence-corrected chi connectivity index (χ0v) is 18.8. The van der Waals surface area contributed by atoms with Crippen LogP contribution < -0.4 is 14.8 Å². The first-order chi connectivity index (χ1) is 14.9. The normalized spacial score (nSPS) is 13.8. The van der Waals surface area contributed by atoms with Crippen LogP contribution in [0.2, 0.25) is 10.0 Å². The van der Waals surface area contributed by atoms with E-state index in [1.165, 1.54) is 25.2 Å². The minimum absolute atomic E-state index is 0.0955. The van der Waals surface area contributed by atoms with E-state index in [-0.39, 0.29) is 22.8 Å². The number of halogens is 2. The highest BCUT2D eigenvalue weighted by Gasteiger charge is 2.40. The molecule has 164 valence electrons. The van der Waals surface area contributed by atoms with Crippen molar-refractivity contribution in [2.75, 3.05) is 39.8 Å². The van der Waals surface area contributed by atoms with E-state index in [1.54, 1.807) is 37.4 Å². The van der Waals surface area contributed by atoms with Gasteiger partial charge in [-0.1, -0.05) is 29.3 Å². The van der Waals surface area contributed by atoms with Gasteiger partial charge in [0.1, 0.15) is 17.2 Å². The molecule has 0 atom stereocenters. The standard InChI is InChI=1S/C22H22Cl2N2O5/c1-29-10-4-9-26-21(27)19(15-7-5-13(23)11-16(15)24)20(22(26)28)25-17-12-14(30-2)6-8-18(17)31-3/h5-8,11-12,25H,4,9-10H2,1-3H3. The lowest BCUT2D eigenvalue weighted by Crippen LogP contribution is -2.34. The smallest absolute Gasteiger partial charge is 0.278 e. The van der Waals surface area contributed by atoms with Crippen molar-refractivity contribution in [2.45, 2.75) is 6.42 Å². The molecule has 0 saturated carbocycles. The Morgan fingerprint density at radius 1 is 0.968 bits per heavy atom. The van der Waals surface area contributed by atoms with Crippen molar-refractivity contribution in [2.24, 2.45) is 0 Å². The van der Waals surface area contributed by atoms with E-state index in [4.69, 9.17) is 37.4 Å². The number of hydrogen-bond acceptors (Lipinski definition) is 6. The lowest BCUT2D eigenvalue weighted by molar-refractivity contribution is -0.136. The predicted molar refractivity (Wildman–Crippen MR) is 120 cm³/mol. The fourth-order valence-electron chi connectivity index (χ4n) is 3.25. The quantitative estimate of drug-likeness (QED) is 0.441. The van der Waals surface area contributed by atoms with E-state index in [1.807, 2.05) is 0 Å². The molecular weight excluding hydrogens is 443 g/mol. The number of imide groups is 1. The number of nitrogens with zero attached hydrogens (tertiary/aromatic N) is 1. The fourth-order valence-corrected chi connectivity index (χ4v) is 3.75. The van der Waals surface area contributed by atoms with Gasteiger partial charge >= 0.3 is 0 Å². The summed E-state index contributed by atoms with van der Waals surface area (Å²) in [6, 6.07) is 9.88. The molecule has 0 unspecified atom stereocenters. The van der Waals surface area contributed by atoms with Gasteiger partial charge in [0.25, 0.3) is 11.8 Å². The molecule has 2 aromatic rings. The highest BCUT2D eigenvalue weighted by Crippen LogP contribution is 2.37. The Hall–Kier alpha value is -2.74. The minimum atomic E-state index is -0.466. The van der Waals surface area contributed by atoms with Gasteiger partial charge in [-0.15, -0.1) is 0 Å². The number of rotatable bonds is 9. The number of amides is 2. The summed E-state index contributed by atoms with van der Waals surface area (Å²) in [5.41, 5.74) is 1.13. The Kier molecular flexibility index (Phi) is 7.43. The molecule has 3 rings (SSSR count). The molecule has 7 nitrogen and oxygen atoms in total. The summed E-state index contributed by atoms with van der Waals surface area (Å²) in [7, 11) is 4.61. The van der Waals surface area contributed by atoms with Crippen LogP contribution in [0.4, 0.5) is 5.69 Å². The van der Waals surface area contributed by atoms with Crippen molar-refractivity contribution in [3.05, 3.63) is 57.7 Å². The molecule has 0 radical (unpaired) electrons. The average molecular weight is 465 g/mol. The zero-order chi connectivity index (χ0) is 22.5. The van der Waals surface area contributed by atoms with E-state index in [0.29, 0.717) is 40.8 Å². The molecule has 0 aromatic heterocycles. The summed E-state index contributed by atoms with van der Waals surface area (Å²) in [5.74, 6) is 0.123. The highest BCUT2D eigenvalue weighted by molar-refractivity contribution is 6.41. The molecule has 2 aromatic carbocycles. The average Bonchev–Trinajstić information content (AvgIpc) is 2.98. The van der Waals surface area contributed by atoms with Crippen molar-refractivity contribution in [3.8, 4) is 11.5 Å². The molecule has 1 aliphatic rings. The largest absolute Gasteiger partial charge is 0.497 e. The molecule has 0 fully saturated rings. The second-order valence-electron chi connectivity index (χ2n) is 6.67. The fraction of sp³-hybridized carbons (Fsp3) is 0.273. The maximum Gasteiger partial charge on any atom is 0.278 e. The van der Waals surface area contributed by atoms with Gasteiger partial charge in [0.05, 0.1) is 30.5 Å². The van der Waals surface area contributed by atoms with Crippen LogP contribution in [-0.2, 0) is 14.3 Å². The molecule has 0 aliphatic carbocycles. The van der Waals surface area contributed by atoms with Crippen LogP contribution in [0.25, 0.3) is 5.57 Å². The molecule has 1 aliphatic heterocycles. The third-order valence-electron chi connectivity index (χ3n) is 4.77. The zero-order valence-electron chi connectivity index (χ0n) is 17.3. The second kappa shape index (κ2) is 10.0. The van der Waals surface area contributed by atoms with Crippen LogP contribution >= 0.6 is 23.2 Å². The first kappa shape index (κ1) is 22.9. The van der Waals surface area contributed by atoms with Crippen LogP contribution in [0, 0.1) is 0 Å². The summed E-state index contributed by atoms with van der Waals surface area (Å²) in [4.78, 5) is 27.7. The van der Waals surface area contributed by atoms with Gasteiger partial charge in [-0.3, -0.25) is 14.5 Å². The maximum atomic E-state index is 13.2. The number of ether oxygens (including phenoxy) is 3. The molecule has 9 heteroatoms. The summed E-state index contributed by atoms with van der Waals surface area (Å²) >= 11 is 12.4. The van der Waals surface area contributed by atoms with Crippen LogP contribution in [0.15, 0.2) is 42.1 Å². The Morgan fingerprint density at radius 2 is 1.74 bits per heavy atom. The van der Waals surface area contributed by atoms with Gasteiger partial charge in [0.15, 0.2) is 0 Å². The summed E-state index contributed by atoms with van der Waals surface area (Å²) in [6.45, 7) is 0.626. The molecule has 1 N–H and O–H groups in total. The van der Waals surface area contributed by atoms with E-state index in [0.717, 1.165) is 0 Å². The second-order valence-corrected chi connectivity index (χ2v) is 7.52. The topological polar surface area (TPSA) is 77.1 Å². The molecular formula is C22H22Cl2N2O5. The number of nitrogens with one attached hydrogen (secondary N) is 1. The van der Waals surface area contributed by atoms with Crippen molar-refractivity contribution in [3.63, 3.8) is 0 Å². The van der Waals surface area contributed by atoms with Crippen LogP contribution in [0.5, 0.6) is 11.5 Å². The van der Waals surface area contributed by atoms with Crippen LogP contribution in [0.1, 0.15) is 12.0 Å². The number of hydrogen-bond donors (Lipinski definition) is 1. The third kappa shape index (κ3) is 4.79. The SMILES string of the molecule is COCCCN1C(=O)C(Nc2cc(OC)ccc2OC)=C(c2ccc(Cl)cc2Cl)C1=O. The first-order valence-electron chi connectivity index (χ1n) is 9.45. The van der Waals surface area contributed by atoms with E-state index >= 15 is 0 Å². The lowest BCUT2D eigenvalue weighted by atomic mass is 10.0. The Morgan fingerprint density at radius 3 is 2.39 bits per heavy atom. The number of anilines is 1. The van der Waals surface area contributed by atoms with Crippen molar-refractivity contribution >= 4 is 46.3 Å². The molecule has 0 saturated heterocycles. The third-order valence-corrected chi connectivity index (χ3v) is 5.31. The molecule has 1 heterocycles. The Bertz CT molecular complexity index is 1040. The van der Waals surface area contributed by atoms with Crippen molar-refractivity contribution in [1.29, 1.82) is 0 Å². The Balaban J connectivity index is 2.10. The van der Waals surface area contributed by atoms with Crippen LogP contribution in [0.3, 0.4) is 0 Å². The maximum absolute atomic E-state index is 13.2. The van der Waals surface area contributed by atoms with Crippen LogP contribution in [-0.4, -0.2) is 51.2 Å². The minimum Gasteiger partial charge on any atom is -0.497 e. The molecule has 31 heavy (non-hydrogen) atoms. The summed E-state index contributed by atoms with van der Waals surface area (Å²) in [6.07, 6.45) is 0.505. The summed E-state index contributed by atoms with van der Waals surface area (Å²) in [5, 5.41) is 3.75. The number of carbonyl (C=O) groups is 2. The monoisotopic (exact) mass is 464 g/mol. The number of benzene rings is 2. The van der Waals surface area contributed by atoms with E-state index < -0.39 is 11.8 Å². The van der Waals surface area contributed by atoms with Gasteiger partial charge in [0.2, 0.25) is 0 Å².